The van der Waals surface area contributed by atoms with Gasteiger partial charge in [0.1, 0.15) is 17.7 Å². The van der Waals surface area contributed by atoms with E-state index in [2.05, 4.69) is 9.97 Å². The molecule has 24 heavy (non-hydrogen) atoms. The second-order valence-electron chi connectivity index (χ2n) is 6.13. The number of aromatic nitrogens is 2. The van der Waals surface area contributed by atoms with E-state index in [1.807, 2.05) is 18.7 Å². The molecule has 1 aromatic heterocycles. The summed E-state index contributed by atoms with van der Waals surface area (Å²) in [6, 6.07) is 5.55. The van der Waals surface area contributed by atoms with Gasteiger partial charge in [-0.2, -0.15) is 0 Å². The van der Waals surface area contributed by atoms with E-state index in [-0.39, 0.29) is 5.82 Å². The van der Waals surface area contributed by atoms with Crippen LogP contribution in [0.5, 0.6) is 0 Å². The van der Waals surface area contributed by atoms with Gasteiger partial charge in [-0.15, -0.1) is 0 Å². The molecular weight excluding hydrogens is 309 g/mol. The highest BCUT2D eigenvalue weighted by molar-refractivity contribution is 5.78. The Labute approximate surface area is 140 Å². The van der Waals surface area contributed by atoms with Gasteiger partial charge in [-0.3, -0.25) is 0 Å². The number of hydrogen-bond acceptors (Lipinski definition) is 4. The van der Waals surface area contributed by atoms with Crippen LogP contribution in [0.4, 0.5) is 10.2 Å². The van der Waals surface area contributed by atoms with Gasteiger partial charge in [-0.05, 0) is 45.2 Å². The van der Waals surface area contributed by atoms with E-state index in [0.29, 0.717) is 30.2 Å². The highest BCUT2D eigenvalue weighted by atomic mass is 19.1. The average molecular weight is 329 g/mol. The quantitative estimate of drug-likeness (QED) is 0.935. The molecule has 3 rings (SSSR count). The third kappa shape index (κ3) is 3.09. The first kappa shape index (κ1) is 16.4. The summed E-state index contributed by atoms with van der Waals surface area (Å²) in [5.74, 6) is -0.133. The van der Waals surface area contributed by atoms with Crippen LogP contribution in [0.1, 0.15) is 30.5 Å². The number of piperidine rings is 1. The lowest BCUT2D eigenvalue weighted by molar-refractivity contribution is -0.139. The maximum atomic E-state index is 13.5. The SMILES string of the molecule is Cc1nc(-c2cccc(F)c2)nc(N2CCCCC2C(=O)O)c1C. The molecule has 1 fully saturated rings. The molecule has 0 spiro atoms. The van der Waals surface area contributed by atoms with Crippen molar-refractivity contribution in [3.8, 4) is 11.4 Å². The van der Waals surface area contributed by atoms with Crippen molar-refractivity contribution in [3.63, 3.8) is 0 Å². The smallest absolute Gasteiger partial charge is 0.326 e. The number of rotatable bonds is 3. The van der Waals surface area contributed by atoms with Crippen LogP contribution < -0.4 is 4.90 Å². The summed E-state index contributed by atoms with van der Waals surface area (Å²) in [7, 11) is 0. The minimum absolute atomic E-state index is 0.350. The molecule has 1 aliphatic heterocycles. The maximum absolute atomic E-state index is 13.5. The van der Waals surface area contributed by atoms with Crippen LogP contribution in [0, 0.1) is 19.7 Å². The van der Waals surface area contributed by atoms with Gasteiger partial charge in [0.05, 0.1) is 0 Å². The van der Waals surface area contributed by atoms with Crippen LogP contribution in [-0.4, -0.2) is 33.6 Å². The third-order valence-electron chi connectivity index (χ3n) is 4.51. The van der Waals surface area contributed by atoms with Crippen LogP contribution in [-0.2, 0) is 4.79 Å². The molecule has 2 heterocycles. The predicted octanol–water partition coefficient (Wildman–Crippen LogP) is 3.34. The van der Waals surface area contributed by atoms with Gasteiger partial charge in [0.25, 0.3) is 0 Å². The molecule has 1 atom stereocenters. The Morgan fingerprint density at radius 2 is 2.08 bits per heavy atom. The number of carboxylic acid groups (broad SMARTS) is 1. The zero-order chi connectivity index (χ0) is 17.3. The molecule has 1 unspecified atom stereocenters. The number of hydrogen-bond donors (Lipinski definition) is 1. The van der Waals surface area contributed by atoms with Crippen molar-refractivity contribution in [1.82, 2.24) is 9.97 Å². The van der Waals surface area contributed by atoms with Gasteiger partial charge in [0.2, 0.25) is 0 Å². The van der Waals surface area contributed by atoms with E-state index in [1.54, 1.807) is 12.1 Å². The number of carbonyl (C=O) groups is 1. The fraction of sp³-hybridized carbons (Fsp3) is 0.389. The molecule has 5 nitrogen and oxygen atoms in total. The van der Waals surface area contributed by atoms with Crippen molar-refractivity contribution in [3.05, 3.63) is 41.3 Å². The zero-order valence-corrected chi connectivity index (χ0v) is 13.8. The first-order valence-corrected chi connectivity index (χ1v) is 8.08. The minimum Gasteiger partial charge on any atom is -0.480 e. The molecular formula is C18H20FN3O2. The normalized spacial score (nSPS) is 17.8. The topological polar surface area (TPSA) is 66.3 Å². The van der Waals surface area contributed by atoms with Gasteiger partial charge in [0.15, 0.2) is 5.82 Å². The molecule has 0 bridgehead atoms. The van der Waals surface area contributed by atoms with Crippen LogP contribution in [0.3, 0.4) is 0 Å². The Morgan fingerprint density at radius 1 is 1.29 bits per heavy atom. The van der Waals surface area contributed by atoms with Gasteiger partial charge in [-0.25, -0.2) is 19.2 Å². The standard InChI is InChI=1S/C18H20FN3O2/c1-11-12(2)20-16(13-6-5-7-14(19)10-13)21-17(11)22-9-4-3-8-15(22)18(23)24/h5-7,10,15H,3-4,8-9H2,1-2H3,(H,23,24). The maximum Gasteiger partial charge on any atom is 0.326 e. The molecule has 0 saturated carbocycles. The van der Waals surface area contributed by atoms with E-state index in [1.165, 1.54) is 12.1 Å². The van der Waals surface area contributed by atoms with Crippen LogP contribution in [0.15, 0.2) is 24.3 Å². The first-order chi connectivity index (χ1) is 11.5. The van der Waals surface area contributed by atoms with Crippen molar-refractivity contribution in [2.75, 3.05) is 11.4 Å². The Balaban J connectivity index is 2.09. The highest BCUT2D eigenvalue weighted by Gasteiger charge is 2.31. The molecule has 1 N–H and O–H groups in total. The largest absolute Gasteiger partial charge is 0.480 e. The number of nitrogens with zero attached hydrogens (tertiary/aromatic N) is 3. The number of aliphatic carboxylic acids is 1. The third-order valence-corrected chi connectivity index (χ3v) is 4.51. The molecule has 0 aliphatic carbocycles. The summed E-state index contributed by atoms with van der Waals surface area (Å²) < 4.78 is 13.5. The molecule has 6 heteroatoms. The second-order valence-corrected chi connectivity index (χ2v) is 6.13. The van der Waals surface area contributed by atoms with Crippen molar-refractivity contribution in [2.45, 2.75) is 39.2 Å². The number of aryl methyl sites for hydroxylation is 1. The molecule has 1 aromatic carbocycles. The summed E-state index contributed by atoms with van der Waals surface area (Å²) in [4.78, 5) is 22.5. The van der Waals surface area contributed by atoms with Crippen LogP contribution >= 0.6 is 0 Å². The monoisotopic (exact) mass is 329 g/mol. The number of carboxylic acids is 1. The summed E-state index contributed by atoms with van der Waals surface area (Å²) in [6.07, 6.45) is 2.43. The fourth-order valence-electron chi connectivity index (χ4n) is 3.09. The van der Waals surface area contributed by atoms with Gasteiger partial charge in [-0.1, -0.05) is 12.1 Å². The molecule has 1 saturated heterocycles. The minimum atomic E-state index is -0.835. The Morgan fingerprint density at radius 3 is 2.79 bits per heavy atom. The number of halogens is 1. The highest BCUT2D eigenvalue weighted by Crippen LogP contribution is 2.29. The van der Waals surface area contributed by atoms with Crippen LogP contribution in [0.2, 0.25) is 0 Å². The van der Waals surface area contributed by atoms with E-state index in [9.17, 15) is 14.3 Å². The summed E-state index contributed by atoms with van der Waals surface area (Å²) in [6.45, 7) is 4.41. The number of benzene rings is 1. The Bertz CT molecular complexity index is 779. The fourth-order valence-corrected chi connectivity index (χ4v) is 3.09. The molecule has 126 valence electrons. The lowest BCUT2D eigenvalue weighted by atomic mass is 10.0. The summed E-state index contributed by atoms with van der Waals surface area (Å²) >= 11 is 0. The van der Waals surface area contributed by atoms with E-state index < -0.39 is 12.0 Å². The summed E-state index contributed by atoms with van der Waals surface area (Å²) in [5, 5.41) is 9.52. The van der Waals surface area contributed by atoms with E-state index in [0.717, 1.165) is 24.1 Å². The van der Waals surface area contributed by atoms with E-state index in [4.69, 9.17) is 0 Å². The average Bonchev–Trinajstić information content (AvgIpc) is 2.57. The van der Waals surface area contributed by atoms with Crippen molar-refractivity contribution >= 4 is 11.8 Å². The molecule has 1 aliphatic rings. The van der Waals surface area contributed by atoms with Crippen molar-refractivity contribution < 1.29 is 14.3 Å². The predicted molar refractivity (Wildman–Crippen MR) is 89.5 cm³/mol. The second kappa shape index (κ2) is 6.55. The molecule has 0 amide bonds. The zero-order valence-electron chi connectivity index (χ0n) is 13.8. The van der Waals surface area contributed by atoms with Crippen LogP contribution in [0.25, 0.3) is 11.4 Å². The lowest BCUT2D eigenvalue weighted by Crippen LogP contribution is -2.45. The molecule has 2 aromatic rings. The summed E-state index contributed by atoms with van der Waals surface area (Å²) in [5.41, 5.74) is 2.22. The first-order valence-electron chi connectivity index (χ1n) is 8.08. The molecule has 0 radical (unpaired) electrons. The van der Waals surface area contributed by atoms with E-state index >= 15 is 0 Å². The van der Waals surface area contributed by atoms with Gasteiger partial charge < -0.3 is 10.0 Å². The Hall–Kier alpha value is -2.50. The lowest BCUT2D eigenvalue weighted by Gasteiger charge is -2.35. The van der Waals surface area contributed by atoms with Crippen molar-refractivity contribution in [1.29, 1.82) is 0 Å². The van der Waals surface area contributed by atoms with Crippen molar-refractivity contribution in [2.24, 2.45) is 0 Å². The van der Waals surface area contributed by atoms with Gasteiger partial charge in [0, 0.05) is 23.4 Å². The Kier molecular flexibility index (Phi) is 4.46. The van der Waals surface area contributed by atoms with Gasteiger partial charge >= 0.3 is 5.97 Å². The number of anilines is 1.